The maximum Gasteiger partial charge on any atom is 0.322 e. The average molecular weight is 350 g/mol. The summed E-state index contributed by atoms with van der Waals surface area (Å²) in [4.78, 5) is 32.4. The Labute approximate surface area is 152 Å². The molecule has 0 bridgehead atoms. The van der Waals surface area contributed by atoms with Gasteiger partial charge in [0.25, 0.3) is 0 Å². The van der Waals surface area contributed by atoms with Crippen molar-refractivity contribution in [2.24, 2.45) is 0 Å². The second kappa shape index (κ2) is 6.78. The van der Waals surface area contributed by atoms with Gasteiger partial charge in [0, 0.05) is 42.8 Å². The highest BCUT2D eigenvalue weighted by atomic mass is 16.2. The van der Waals surface area contributed by atoms with E-state index >= 15 is 0 Å². The fourth-order valence-electron chi connectivity index (χ4n) is 3.32. The van der Waals surface area contributed by atoms with Crippen LogP contribution in [-0.4, -0.2) is 34.4 Å². The topological polar surface area (TPSA) is 65.5 Å². The second-order valence-electron chi connectivity index (χ2n) is 6.88. The van der Waals surface area contributed by atoms with Crippen LogP contribution in [0.5, 0.6) is 0 Å². The van der Waals surface area contributed by atoms with Crippen LogP contribution in [0.1, 0.15) is 37.8 Å². The molecular weight excluding hydrogens is 328 g/mol. The SMILES string of the molecule is C[C@@H](c1cccnc1)N(C(=O)Nc1cccc(N2CCC2=O)c1)C1CC1. The summed E-state index contributed by atoms with van der Waals surface area (Å²) in [7, 11) is 0. The fourth-order valence-corrected chi connectivity index (χ4v) is 3.32. The van der Waals surface area contributed by atoms with E-state index < -0.39 is 0 Å². The second-order valence-corrected chi connectivity index (χ2v) is 6.88. The molecule has 0 unspecified atom stereocenters. The van der Waals surface area contributed by atoms with Crippen LogP contribution in [-0.2, 0) is 4.79 Å². The van der Waals surface area contributed by atoms with E-state index in [0.29, 0.717) is 12.1 Å². The molecule has 1 atom stereocenters. The lowest BCUT2D eigenvalue weighted by atomic mass is 10.1. The van der Waals surface area contributed by atoms with Crippen LogP contribution < -0.4 is 10.2 Å². The van der Waals surface area contributed by atoms with Crippen molar-refractivity contribution in [1.29, 1.82) is 0 Å². The third kappa shape index (κ3) is 3.27. The Morgan fingerprint density at radius 2 is 2.15 bits per heavy atom. The van der Waals surface area contributed by atoms with Crippen molar-refractivity contribution in [3.63, 3.8) is 0 Å². The van der Waals surface area contributed by atoms with Gasteiger partial charge in [0.05, 0.1) is 6.04 Å². The molecular formula is C20H22N4O2. The molecule has 2 fully saturated rings. The van der Waals surface area contributed by atoms with E-state index in [2.05, 4.69) is 10.3 Å². The van der Waals surface area contributed by atoms with Gasteiger partial charge in [0.1, 0.15) is 0 Å². The Morgan fingerprint density at radius 3 is 2.77 bits per heavy atom. The van der Waals surface area contributed by atoms with Crippen LogP contribution in [0.25, 0.3) is 0 Å². The Kier molecular flexibility index (Phi) is 4.32. The standard InChI is InChI=1S/C20H22N4O2/c1-14(15-4-3-10-21-13-15)24(17-7-8-17)20(26)22-16-5-2-6-18(12-16)23-11-9-19(23)25/h2-6,10,12-14,17H,7-9,11H2,1H3,(H,22,26)/t14-/m0/s1. The van der Waals surface area contributed by atoms with Gasteiger partial charge in [-0.3, -0.25) is 9.78 Å². The van der Waals surface area contributed by atoms with E-state index in [4.69, 9.17) is 0 Å². The predicted octanol–water partition coefficient (Wildman–Crippen LogP) is 3.58. The van der Waals surface area contributed by atoms with Gasteiger partial charge in [0.15, 0.2) is 0 Å². The van der Waals surface area contributed by atoms with Crippen molar-refractivity contribution in [3.8, 4) is 0 Å². The molecule has 3 amide bonds. The highest BCUT2D eigenvalue weighted by Crippen LogP contribution is 2.35. The largest absolute Gasteiger partial charge is 0.322 e. The third-order valence-electron chi connectivity index (χ3n) is 5.02. The highest BCUT2D eigenvalue weighted by molar-refractivity contribution is 6.00. The van der Waals surface area contributed by atoms with Crippen molar-refractivity contribution in [1.82, 2.24) is 9.88 Å². The van der Waals surface area contributed by atoms with E-state index in [1.54, 1.807) is 11.1 Å². The Morgan fingerprint density at radius 1 is 1.31 bits per heavy atom. The number of hydrogen-bond acceptors (Lipinski definition) is 3. The lowest BCUT2D eigenvalue weighted by Crippen LogP contribution is -2.43. The molecule has 134 valence electrons. The smallest absolute Gasteiger partial charge is 0.315 e. The minimum absolute atomic E-state index is 0.0451. The van der Waals surface area contributed by atoms with Gasteiger partial charge in [-0.15, -0.1) is 0 Å². The molecule has 1 N–H and O–H groups in total. The molecule has 2 heterocycles. The van der Waals surface area contributed by atoms with Crippen LogP contribution >= 0.6 is 0 Å². The summed E-state index contributed by atoms with van der Waals surface area (Å²) in [5, 5.41) is 3.00. The van der Waals surface area contributed by atoms with Gasteiger partial charge in [0.2, 0.25) is 5.91 Å². The zero-order chi connectivity index (χ0) is 18.1. The first-order valence-electron chi connectivity index (χ1n) is 9.03. The molecule has 1 saturated heterocycles. The lowest BCUT2D eigenvalue weighted by molar-refractivity contribution is -0.122. The van der Waals surface area contributed by atoms with Gasteiger partial charge in [-0.1, -0.05) is 12.1 Å². The van der Waals surface area contributed by atoms with E-state index in [1.165, 1.54) is 0 Å². The van der Waals surface area contributed by atoms with Crippen molar-refractivity contribution in [2.75, 3.05) is 16.8 Å². The van der Waals surface area contributed by atoms with Crippen molar-refractivity contribution in [3.05, 3.63) is 54.4 Å². The molecule has 6 heteroatoms. The lowest BCUT2D eigenvalue weighted by Gasteiger charge is -2.31. The van der Waals surface area contributed by atoms with Crippen molar-refractivity contribution in [2.45, 2.75) is 38.3 Å². The number of hydrogen-bond donors (Lipinski definition) is 1. The third-order valence-corrected chi connectivity index (χ3v) is 5.02. The minimum atomic E-state index is -0.115. The number of carbonyl (C=O) groups is 2. The average Bonchev–Trinajstić information content (AvgIpc) is 3.46. The van der Waals surface area contributed by atoms with Gasteiger partial charge >= 0.3 is 6.03 Å². The van der Waals surface area contributed by atoms with E-state index in [-0.39, 0.29) is 24.0 Å². The molecule has 1 aromatic carbocycles. The monoisotopic (exact) mass is 350 g/mol. The number of urea groups is 1. The molecule has 1 aliphatic heterocycles. The normalized spacial score (nSPS) is 17.4. The van der Waals surface area contributed by atoms with E-state index in [9.17, 15) is 9.59 Å². The van der Waals surface area contributed by atoms with E-state index in [0.717, 1.165) is 30.6 Å². The molecule has 4 rings (SSSR count). The molecule has 0 radical (unpaired) electrons. The zero-order valence-electron chi connectivity index (χ0n) is 14.8. The van der Waals surface area contributed by atoms with Gasteiger partial charge in [-0.2, -0.15) is 0 Å². The Hall–Kier alpha value is -2.89. The molecule has 1 aliphatic carbocycles. The molecule has 2 aliphatic rings. The summed E-state index contributed by atoms with van der Waals surface area (Å²) in [6.07, 6.45) is 6.19. The summed E-state index contributed by atoms with van der Waals surface area (Å²) < 4.78 is 0. The first kappa shape index (κ1) is 16.6. The van der Waals surface area contributed by atoms with Gasteiger partial charge in [-0.05, 0) is 49.6 Å². The number of aromatic nitrogens is 1. The number of anilines is 2. The van der Waals surface area contributed by atoms with Crippen LogP contribution in [0.15, 0.2) is 48.8 Å². The molecule has 26 heavy (non-hydrogen) atoms. The Balaban J connectivity index is 1.50. The van der Waals surface area contributed by atoms with Crippen LogP contribution in [0.2, 0.25) is 0 Å². The summed E-state index contributed by atoms with van der Waals surface area (Å²) in [6.45, 7) is 2.77. The number of nitrogens with zero attached hydrogens (tertiary/aromatic N) is 3. The predicted molar refractivity (Wildman–Crippen MR) is 99.9 cm³/mol. The van der Waals surface area contributed by atoms with Crippen molar-refractivity contribution >= 4 is 23.3 Å². The molecule has 2 aromatic rings. The molecule has 6 nitrogen and oxygen atoms in total. The number of pyridine rings is 1. The summed E-state index contributed by atoms with van der Waals surface area (Å²) >= 11 is 0. The number of β-lactam (4-membered cyclic amide) rings is 1. The highest BCUT2D eigenvalue weighted by Gasteiger charge is 2.36. The van der Waals surface area contributed by atoms with Crippen LogP contribution in [0.4, 0.5) is 16.2 Å². The molecule has 1 saturated carbocycles. The van der Waals surface area contributed by atoms with Crippen molar-refractivity contribution < 1.29 is 9.59 Å². The first-order valence-corrected chi connectivity index (χ1v) is 9.03. The number of benzene rings is 1. The number of carbonyl (C=O) groups excluding carboxylic acids is 2. The van der Waals surface area contributed by atoms with E-state index in [1.807, 2.05) is 54.4 Å². The Bertz CT molecular complexity index is 820. The maximum atomic E-state index is 13.0. The molecule has 1 aromatic heterocycles. The fraction of sp³-hybridized carbons (Fsp3) is 0.350. The van der Waals surface area contributed by atoms with Crippen LogP contribution in [0.3, 0.4) is 0 Å². The summed E-state index contributed by atoms with van der Waals surface area (Å²) in [5.41, 5.74) is 2.56. The number of rotatable bonds is 5. The quantitative estimate of drug-likeness (QED) is 0.838. The zero-order valence-corrected chi connectivity index (χ0v) is 14.8. The first-order chi connectivity index (χ1) is 12.6. The summed E-state index contributed by atoms with van der Waals surface area (Å²) in [5.74, 6) is 0.123. The maximum absolute atomic E-state index is 13.0. The summed E-state index contributed by atoms with van der Waals surface area (Å²) in [6, 6.07) is 11.5. The van der Waals surface area contributed by atoms with Crippen LogP contribution in [0, 0.1) is 0 Å². The van der Waals surface area contributed by atoms with Gasteiger partial charge in [-0.25, -0.2) is 4.79 Å². The minimum Gasteiger partial charge on any atom is -0.315 e. The number of amides is 3. The number of nitrogens with one attached hydrogen (secondary N) is 1. The molecule has 0 spiro atoms. The van der Waals surface area contributed by atoms with Gasteiger partial charge < -0.3 is 15.1 Å².